The number of methoxy groups -OCH3 is 3. The summed E-state index contributed by atoms with van der Waals surface area (Å²) in [5.74, 6) is 2.40. The summed E-state index contributed by atoms with van der Waals surface area (Å²) >= 11 is 0. The summed E-state index contributed by atoms with van der Waals surface area (Å²) in [6, 6.07) is 10.6. The fraction of sp³-hybridized carbons (Fsp3) is 0.304. The summed E-state index contributed by atoms with van der Waals surface area (Å²) in [6.45, 7) is 4.69. The third kappa shape index (κ3) is 4.92. The van der Waals surface area contributed by atoms with E-state index >= 15 is 0 Å². The summed E-state index contributed by atoms with van der Waals surface area (Å²) in [5.41, 5.74) is 1.51. The van der Waals surface area contributed by atoms with Gasteiger partial charge in [0.2, 0.25) is 5.90 Å². The van der Waals surface area contributed by atoms with Gasteiger partial charge in [-0.25, -0.2) is 9.79 Å². The number of hydrogen-bond acceptors (Lipinski definition) is 7. The van der Waals surface area contributed by atoms with Gasteiger partial charge < -0.3 is 23.7 Å². The van der Waals surface area contributed by atoms with E-state index in [1.54, 1.807) is 51.7 Å². The lowest BCUT2D eigenvalue weighted by molar-refractivity contribution is -0.129. The second-order valence-electron chi connectivity index (χ2n) is 7.05. The first kappa shape index (κ1) is 21.2. The molecule has 30 heavy (non-hydrogen) atoms. The lowest BCUT2D eigenvalue weighted by Gasteiger charge is -2.13. The molecule has 0 saturated heterocycles. The van der Waals surface area contributed by atoms with Crippen LogP contribution in [0.25, 0.3) is 6.08 Å². The zero-order chi connectivity index (χ0) is 21.7. The molecule has 0 saturated carbocycles. The number of carbonyl (C=O) groups is 1. The standard InChI is InChI=1S/C23H25NO6/c1-14(2)13-29-21-9-15(6-7-20(21)28-5)8-19-23(25)30-22(24-19)16-10-17(26-3)12-18(11-16)27-4/h6-12,14H,13H2,1-5H3/b19-8-. The van der Waals surface area contributed by atoms with E-state index in [9.17, 15) is 4.79 Å². The first-order valence-corrected chi connectivity index (χ1v) is 9.50. The van der Waals surface area contributed by atoms with Crippen molar-refractivity contribution in [3.8, 4) is 23.0 Å². The Labute approximate surface area is 175 Å². The molecule has 1 aliphatic heterocycles. The molecule has 0 fully saturated rings. The highest BCUT2D eigenvalue weighted by atomic mass is 16.6. The highest BCUT2D eigenvalue weighted by Crippen LogP contribution is 2.31. The lowest BCUT2D eigenvalue weighted by Crippen LogP contribution is -2.06. The number of benzene rings is 2. The van der Waals surface area contributed by atoms with Crippen molar-refractivity contribution in [3.05, 3.63) is 53.2 Å². The van der Waals surface area contributed by atoms with Crippen LogP contribution in [-0.2, 0) is 9.53 Å². The number of carbonyl (C=O) groups excluding carboxylic acids is 1. The molecule has 0 bridgehead atoms. The summed E-state index contributed by atoms with van der Waals surface area (Å²) < 4.78 is 27.1. The van der Waals surface area contributed by atoms with E-state index in [-0.39, 0.29) is 11.6 Å². The van der Waals surface area contributed by atoms with E-state index in [2.05, 4.69) is 18.8 Å². The van der Waals surface area contributed by atoms with Crippen LogP contribution in [0.4, 0.5) is 0 Å². The third-order valence-electron chi connectivity index (χ3n) is 4.28. The van der Waals surface area contributed by atoms with Crippen molar-refractivity contribution < 1.29 is 28.5 Å². The topological polar surface area (TPSA) is 75.6 Å². The molecule has 0 aliphatic carbocycles. The van der Waals surface area contributed by atoms with Crippen LogP contribution in [-0.4, -0.2) is 39.8 Å². The first-order valence-electron chi connectivity index (χ1n) is 9.50. The van der Waals surface area contributed by atoms with Gasteiger partial charge >= 0.3 is 5.97 Å². The normalized spacial score (nSPS) is 14.5. The van der Waals surface area contributed by atoms with Crippen molar-refractivity contribution in [1.82, 2.24) is 0 Å². The molecule has 1 heterocycles. The zero-order valence-corrected chi connectivity index (χ0v) is 17.7. The largest absolute Gasteiger partial charge is 0.497 e. The van der Waals surface area contributed by atoms with Crippen molar-refractivity contribution in [1.29, 1.82) is 0 Å². The minimum Gasteiger partial charge on any atom is -0.497 e. The molecule has 0 unspecified atom stereocenters. The van der Waals surface area contributed by atoms with Crippen molar-refractivity contribution in [2.24, 2.45) is 10.9 Å². The van der Waals surface area contributed by atoms with E-state index in [0.717, 1.165) is 5.56 Å². The molecule has 0 atom stereocenters. The Morgan fingerprint density at radius 2 is 1.67 bits per heavy atom. The molecule has 0 amide bonds. The predicted octanol–water partition coefficient (Wildman–Crippen LogP) is 4.09. The maximum Gasteiger partial charge on any atom is 0.363 e. The summed E-state index contributed by atoms with van der Waals surface area (Å²) in [4.78, 5) is 16.7. The highest BCUT2D eigenvalue weighted by molar-refractivity contribution is 6.13. The van der Waals surface area contributed by atoms with Crippen LogP contribution in [0.1, 0.15) is 25.0 Å². The minimum atomic E-state index is -0.535. The van der Waals surface area contributed by atoms with Gasteiger partial charge in [0.25, 0.3) is 0 Å². The Hall–Kier alpha value is -3.48. The molecule has 0 aromatic heterocycles. The Kier molecular flexibility index (Phi) is 6.61. The summed E-state index contributed by atoms with van der Waals surface area (Å²) in [7, 11) is 4.69. The van der Waals surface area contributed by atoms with Gasteiger partial charge in [-0.05, 0) is 41.8 Å². The highest BCUT2D eigenvalue weighted by Gasteiger charge is 2.25. The molecule has 2 aromatic carbocycles. The lowest BCUT2D eigenvalue weighted by atomic mass is 10.1. The third-order valence-corrected chi connectivity index (χ3v) is 4.28. The van der Waals surface area contributed by atoms with Gasteiger partial charge in [0.1, 0.15) is 11.5 Å². The molecule has 7 heteroatoms. The maximum absolute atomic E-state index is 12.4. The average molecular weight is 411 g/mol. The molecule has 3 rings (SSSR count). The number of cyclic esters (lactones) is 1. The Balaban J connectivity index is 1.92. The molecule has 2 aromatic rings. The number of esters is 1. The fourth-order valence-electron chi connectivity index (χ4n) is 2.77. The van der Waals surface area contributed by atoms with Gasteiger partial charge in [-0.3, -0.25) is 0 Å². The average Bonchev–Trinajstić information content (AvgIpc) is 3.12. The van der Waals surface area contributed by atoms with Crippen LogP contribution in [0.15, 0.2) is 47.1 Å². The van der Waals surface area contributed by atoms with E-state index in [4.69, 9.17) is 23.7 Å². The first-order chi connectivity index (χ1) is 14.4. The van der Waals surface area contributed by atoms with E-state index < -0.39 is 5.97 Å². The Bertz CT molecular complexity index is 971. The number of hydrogen-bond donors (Lipinski definition) is 0. The van der Waals surface area contributed by atoms with E-state index in [1.165, 1.54) is 0 Å². The van der Waals surface area contributed by atoms with Crippen LogP contribution >= 0.6 is 0 Å². The Morgan fingerprint density at radius 3 is 2.27 bits per heavy atom. The van der Waals surface area contributed by atoms with E-state index in [1.807, 2.05) is 12.1 Å². The van der Waals surface area contributed by atoms with Gasteiger partial charge in [0.15, 0.2) is 17.2 Å². The number of ether oxygens (including phenoxy) is 5. The minimum absolute atomic E-state index is 0.187. The maximum atomic E-state index is 12.4. The molecule has 1 aliphatic rings. The van der Waals surface area contributed by atoms with Gasteiger partial charge in [0, 0.05) is 11.6 Å². The van der Waals surface area contributed by atoms with Crippen LogP contribution in [0, 0.1) is 5.92 Å². The fourth-order valence-corrected chi connectivity index (χ4v) is 2.77. The number of aliphatic imine (C=N–C) groups is 1. The van der Waals surface area contributed by atoms with Crippen molar-refractivity contribution in [2.75, 3.05) is 27.9 Å². The molecule has 0 spiro atoms. The summed E-state index contributed by atoms with van der Waals surface area (Å²) in [5, 5.41) is 0. The molecule has 0 radical (unpaired) electrons. The van der Waals surface area contributed by atoms with Gasteiger partial charge in [-0.1, -0.05) is 19.9 Å². The van der Waals surface area contributed by atoms with Gasteiger partial charge in [-0.15, -0.1) is 0 Å². The molecule has 0 N–H and O–H groups in total. The van der Waals surface area contributed by atoms with Crippen LogP contribution < -0.4 is 18.9 Å². The van der Waals surface area contributed by atoms with Gasteiger partial charge in [-0.2, -0.15) is 0 Å². The second kappa shape index (κ2) is 9.35. The smallest absolute Gasteiger partial charge is 0.363 e. The Morgan fingerprint density at radius 1 is 0.967 bits per heavy atom. The number of nitrogens with zero attached hydrogens (tertiary/aromatic N) is 1. The zero-order valence-electron chi connectivity index (χ0n) is 17.7. The number of rotatable bonds is 8. The molecule has 7 nitrogen and oxygen atoms in total. The summed E-state index contributed by atoms with van der Waals surface area (Å²) in [6.07, 6.45) is 1.65. The van der Waals surface area contributed by atoms with Crippen molar-refractivity contribution in [2.45, 2.75) is 13.8 Å². The molecular weight excluding hydrogens is 386 g/mol. The monoisotopic (exact) mass is 411 g/mol. The quantitative estimate of drug-likeness (QED) is 0.481. The van der Waals surface area contributed by atoms with Crippen molar-refractivity contribution >= 4 is 17.9 Å². The van der Waals surface area contributed by atoms with E-state index in [0.29, 0.717) is 41.1 Å². The SMILES string of the molecule is COc1cc(OC)cc(C2=N/C(=C\c3ccc(OC)c(OCC(C)C)c3)C(=O)O2)c1. The van der Waals surface area contributed by atoms with Crippen LogP contribution in [0.5, 0.6) is 23.0 Å². The molecule has 158 valence electrons. The second-order valence-corrected chi connectivity index (χ2v) is 7.05. The van der Waals surface area contributed by atoms with Crippen LogP contribution in [0.3, 0.4) is 0 Å². The van der Waals surface area contributed by atoms with Crippen LogP contribution in [0.2, 0.25) is 0 Å². The van der Waals surface area contributed by atoms with Crippen molar-refractivity contribution in [3.63, 3.8) is 0 Å². The van der Waals surface area contributed by atoms with Gasteiger partial charge in [0.05, 0.1) is 27.9 Å². The molecular formula is C23H25NO6. The predicted molar refractivity (Wildman–Crippen MR) is 113 cm³/mol.